The first-order valence-corrected chi connectivity index (χ1v) is 14.8. The molecule has 1 fully saturated rings. The summed E-state index contributed by atoms with van der Waals surface area (Å²) in [6.07, 6.45) is 6.10. The first-order chi connectivity index (χ1) is 18.0. The number of hydrogen-bond donors (Lipinski definition) is 1. The van der Waals surface area contributed by atoms with Gasteiger partial charge in [0.15, 0.2) is 11.5 Å². The highest BCUT2D eigenvalue weighted by molar-refractivity contribution is 7.92. The molecule has 0 saturated heterocycles. The van der Waals surface area contributed by atoms with E-state index in [0.717, 1.165) is 48.2 Å². The van der Waals surface area contributed by atoms with E-state index in [1.807, 2.05) is 0 Å². The van der Waals surface area contributed by atoms with E-state index in [-0.39, 0.29) is 24.2 Å². The zero-order chi connectivity index (χ0) is 27.9. The fraction of sp³-hybridized carbons (Fsp3) is 0.481. The van der Waals surface area contributed by atoms with Crippen LogP contribution in [0, 0.1) is 0 Å². The SMILES string of the molecule is COc1ccc(N(CC(=O)N(Cc2cccc(Cl)c2)[C@H](C)C(=O)NC2CCCCC2)S(C)(=O)=O)cc1OC. The Morgan fingerprint density at radius 3 is 2.34 bits per heavy atom. The molecule has 0 unspecified atom stereocenters. The molecule has 1 saturated carbocycles. The molecular weight excluding hydrogens is 530 g/mol. The molecule has 0 bridgehead atoms. The number of anilines is 1. The maximum atomic E-state index is 13.7. The Morgan fingerprint density at radius 1 is 1.05 bits per heavy atom. The Morgan fingerprint density at radius 2 is 1.74 bits per heavy atom. The Kier molecular flexibility index (Phi) is 10.3. The minimum absolute atomic E-state index is 0.0705. The van der Waals surface area contributed by atoms with Gasteiger partial charge < -0.3 is 19.7 Å². The highest BCUT2D eigenvalue weighted by atomic mass is 35.5. The summed E-state index contributed by atoms with van der Waals surface area (Å²) < 4.78 is 37.2. The molecule has 2 aromatic rings. The lowest BCUT2D eigenvalue weighted by atomic mass is 9.95. The predicted octanol–water partition coefficient (Wildman–Crippen LogP) is 3.99. The van der Waals surface area contributed by atoms with Crippen LogP contribution in [-0.2, 0) is 26.2 Å². The average Bonchev–Trinajstić information content (AvgIpc) is 2.89. The predicted molar refractivity (Wildman–Crippen MR) is 148 cm³/mol. The van der Waals surface area contributed by atoms with Crippen molar-refractivity contribution in [1.29, 1.82) is 0 Å². The van der Waals surface area contributed by atoms with Crippen molar-refractivity contribution in [2.24, 2.45) is 0 Å². The summed E-state index contributed by atoms with van der Waals surface area (Å²) in [6, 6.07) is 10.8. The first-order valence-electron chi connectivity index (χ1n) is 12.6. The summed E-state index contributed by atoms with van der Waals surface area (Å²) in [5.74, 6) is -0.0606. The van der Waals surface area contributed by atoms with E-state index in [0.29, 0.717) is 16.5 Å². The van der Waals surface area contributed by atoms with Crippen molar-refractivity contribution in [3.05, 3.63) is 53.1 Å². The lowest BCUT2D eigenvalue weighted by Crippen LogP contribution is -2.52. The number of carbonyl (C=O) groups is 2. The van der Waals surface area contributed by atoms with Crippen molar-refractivity contribution >= 4 is 39.1 Å². The van der Waals surface area contributed by atoms with Gasteiger partial charge in [-0.05, 0) is 49.6 Å². The number of carbonyl (C=O) groups excluding carboxylic acids is 2. The van der Waals surface area contributed by atoms with E-state index in [2.05, 4.69) is 5.32 Å². The van der Waals surface area contributed by atoms with E-state index < -0.39 is 28.5 Å². The van der Waals surface area contributed by atoms with Crippen LogP contribution in [0.15, 0.2) is 42.5 Å². The smallest absolute Gasteiger partial charge is 0.244 e. The monoisotopic (exact) mass is 565 g/mol. The van der Waals surface area contributed by atoms with Gasteiger partial charge in [-0.25, -0.2) is 8.42 Å². The molecule has 0 aliphatic heterocycles. The average molecular weight is 566 g/mol. The van der Waals surface area contributed by atoms with Gasteiger partial charge in [0, 0.05) is 23.7 Å². The fourth-order valence-electron chi connectivity index (χ4n) is 4.58. The Labute approximate surface area is 230 Å². The van der Waals surface area contributed by atoms with Crippen LogP contribution >= 0.6 is 11.6 Å². The largest absolute Gasteiger partial charge is 0.493 e. The summed E-state index contributed by atoms with van der Waals surface area (Å²) >= 11 is 6.16. The number of rotatable bonds is 11. The van der Waals surface area contributed by atoms with Gasteiger partial charge in [-0.15, -0.1) is 0 Å². The van der Waals surface area contributed by atoms with Crippen LogP contribution in [-0.4, -0.2) is 64.2 Å². The second-order valence-electron chi connectivity index (χ2n) is 9.48. The normalized spacial score (nSPS) is 14.9. The topological polar surface area (TPSA) is 105 Å². The number of nitrogens with one attached hydrogen (secondary N) is 1. The number of hydrogen-bond acceptors (Lipinski definition) is 6. The fourth-order valence-corrected chi connectivity index (χ4v) is 5.63. The molecule has 2 amide bonds. The van der Waals surface area contributed by atoms with Gasteiger partial charge in [0.05, 0.1) is 26.2 Å². The number of halogens is 1. The number of amides is 2. The van der Waals surface area contributed by atoms with Crippen LogP contribution in [0.2, 0.25) is 5.02 Å². The molecule has 0 spiro atoms. The maximum absolute atomic E-state index is 13.7. The van der Waals surface area contributed by atoms with Gasteiger partial charge >= 0.3 is 0 Å². The number of ether oxygens (including phenoxy) is 2. The zero-order valence-corrected chi connectivity index (χ0v) is 23.8. The molecule has 1 atom stereocenters. The molecule has 38 heavy (non-hydrogen) atoms. The molecule has 1 aliphatic rings. The molecule has 0 radical (unpaired) electrons. The molecule has 9 nitrogen and oxygen atoms in total. The highest BCUT2D eigenvalue weighted by Gasteiger charge is 2.31. The quantitative estimate of drug-likeness (QED) is 0.442. The van der Waals surface area contributed by atoms with Gasteiger partial charge in [0.1, 0.15) is 12.6 Å². The van der Waals surface area contributed by atoms with E-state index in [4.69, 9.17) is 21.1 Å². The van der Waals surface area contributed by atoms with Crippen molar-refractivity contribution in [2.75, 3.05) is 31.3 Å². The summed E-state index contributed by atoms with van der Waals surface area (Å²) in [4.78, 5) is 28.3. The maximum Gasteiger partial charge on any atom is 0.244 e. The van der Waals surface area contributed by atoms with Crippen LogP contribution in [0.5, 0.6) is 11.5 Å². The van der Waals surface area contributed by atoms with E-state index in [1.54, 1.807) is 37.3 Å². The third-order valence-electron chi connectivity index (χ3n) is 6.70. The zero-order valence-electron chi connectivity index (χ0n) is 22.3. The lowest BCUT2D eigenvalue weighted by molar-refractivity contribution is -0.139. The van der Waals surface area contributed by atoms with E-state index >= 15 is 0 Å². The van der Waals surface area contributed by atoms with Crippen LogP contribution in [0.1, 0.15) is 44.6 Å². The van der Waals surface area contributed by atoms with Gasteiger partial charge in [-0.3, -0.25) is 13.9 Å². The van der Waals surface area contributed by atoms with Crippen molar-refractivity contribution in [2.45, 2.75) is 57.7 Å². The molecule has 1 N–H and O–H groups in total. The van der Waals surface area contributed by atoms with Crippen LogP contribution in [0.25, 0.3) is 0 Å². The highest BCUT2D eigenvalue weighted by Crippen LogP contribution is 2.32. The number of sulfonamides is 1. The molecule has 0 heterocycles. The van der Waals surface area contributed by atoms with Crippen molar-refractivity contribution in [1.82, 2.24) is 10.2 Å². The van der Waals surface area contributed by atoms with Crippen LogP contribution < -0.4 is 19.1 Å². The van der Waals surface area contributed by atoms with Crippen LogP contribution in [0.4, 0.5) is 5.69 Å². The molecule has 2 aromatic carbocycles. The van der Waals surface area contributed by atoms with E-state index in [1.165, 1.54) is 31.3 Å². The Hall–Kier alpha value is -2.98. The third-order valence-corrected chi connectivity index (χ3v) is 8.07. The minimum atomic E-state index is -3.87. The standard InChI is InChI=1S/C27H36ClN3O6S/c1-19(27(33)29-22-11-6-5-7-12-22)30(17-20-9-8-10-21(28)15-20)26(32)18-31(38(4,34)35)23-13-14-24(36-2)25(16-23)37-3/h8-10,13-16,19,22H,5-7,11-12,17-18H2,1-4H3,(H,29,33)/t19-/m1/s1. The van der Waals surface area contributed by atoms with Gasteiger partial charge in [-0.2, -0.15) is 0 Å². The van der Waals surface area contributed by atoms with Gasteiger partial charge in [0.25, 0.3) is 0 Å². The summed E-state index contributed by atoms with van der Waals surface area (Å²) in [7, 11) is -0.955. The van der Waals surface area contributed by atoms with Gasteiger partial charge in [0.2, 0.25) is 21.8 Å². The number of methoxy groups -OCH3 is 2. The number of benzene rings is 2. The van der Waals surface area contributed by atoms with Gasteiger partial charge in [-0.1, -0.05) is 43.0 Å². The summed E-state index contributed by atoms with van der Waals surface area (Å²) in [5, 5.41) is 3.57. The van der Waals surface area contributed by atoms with Crippen molar-refractivity contribution < 1.29 is 27.5 Å². The molecule has 0 aromatic heterocycles. The minimum Gasteiger partial charge on any atom is -0.493 e. The number of nitrogens with zero attached hydrogens (tertiary/aromatic N) is 2. The Balaban J connectivity index is 1.90. The molecule has 11 heteroatoms. The second-order valence-corrected chi connectivity index (χ2v) is 11.8. The molecule has 1 aliphatic carbocycles. The molecular formula is C27H36ClN3O6S. The summed E-state index contributed by atoms with van der Waals surface area (Å²) in [5.41, 5.74) is 0.959. The summed E-state index contributed by atoms with van der Waals surface area (Å²) in [6.45, 7) is 1.24. The van der Waals surface area contributed by atoms with Crippen LogP contribution in [0.3, 0.4) is 0 Å². The van der Waals surface area contributed by atoms with Crippen molar-refractivity contribution in [3.8, 4) is 11.5 Å². The third kappa shape index (κ3) is 7.77. The van der Waals surface area contributed by atoms with E-state index in [9.17, 15) is 18.0 Å². The first kappa shape index (κ1) is 29.6. The second kappa shape index (κ2) is 13.2. The molecule has 208 valence electrons. The van der Waals surface area contributed by atoms with Crippen molar-refractivity contribution in [3.63, 3.8) is 0 Å². The Bertz CT molecular complexity index is 1230. The lowest BCUT2D eigenvalue weighted by Gasteiger charge is -2.33. The molecule has 3 rings (SSSR count).